The minimum atomic E-state index is 0.167. The number of hydrogen-bond acceptors (Lipinski definition) is 5. The summed E-state index contributed by atoms with van der Waals surface area (Å²) in [6.07, 6.45) is 0. The predicted molar refractivity (Wildman–Crippen MR) is 123 cm³/mol. The van der Waals surface area contributed by atoms with Crippen molar-refractivity contribution in [3.05, 3.63) is 71.3 Å². The fourth-order valence-corrected chi connectivity index (χ4v) is 5.08. The van der Waals surface area contributed by atoms with Gasteiger partial charge in [0.2, 0.25) is 5.95 Å². The molecule has 158 valence electrons. The third-order valence-corrected chi connectivity index (χ3v) is 6.61. The number of rotatable bonds is 7. The van der Waals surface area contributed by atoms with E-state index in [0.717, 1.165) is 44.0 Å². The number of morpholine rings is 1. The first-order valence-electron chi connectivity index (χ1n) is 10.7. The normalized spacial score (nSPS) is 15.5. The molecular weight excluding hydrogens is 392 g/mol. The van der Waals surface area contributed by atoms with Crippen LogP contribution in [0.2, 0.25) is 0 Å². The van der Waals surface area contributed by atoms with Gasteiger partial charge in [0.05, 0.1) is 18.5 Å². The Morgan fingerprint density at radius 1 is 0.967 bits per heavy atom. The number of hydrogen-bond donors (Lipinski definition) is 0. The van der Waals surface area contributed by atoms with Gasteiger partial charge in [-0.05, 0) is 29.5 Å². The largest absolute Gasteiger partial charge is 0.378 e. The lowest BCUT2D eigenvalue weighted by atomic mass is 10.0. The second-order valence-corrected chi connectivity index (χ2v) is 9.22. The van der Waals surface area contributed by atoms with E-state index in [0.29, 0.717) is 5.92 Å². The van der Waals surface area contributed by atoms with Gasteiger partial charge in [0.15, 0.2) is 5.16 Å². The average Bonchev–Trinajstić information content (AvgIpc) is 3.15. The first-order valence-corrected chi connectivity index (χ1v) is 11.5. The number of anilines is 1. The molecule has 1 atom stereocenters. The van der Waals surface area contributed by atoms with Gasteiger partial charge < -0.3 is 9.64 Å². The summed E-state index contributed by atoms with van der Waals surface area (Å²) in [5.74, 6) is 1.47. The van der Waals surface area contributed by atoms with E-state index in [9.17, 15) is 0 Å². The lowest BCUT2D eigenvalue weighted by molar-refractivity contribution is 0.121. The summed E-state index contributed by atoms with van der Waals surface area (Å²) in [5, 5.41) is 10.4. The molecule has 0 amide bonds. The summed E-state index contributed by atoms with van der Waals surface area (Å²) in [5.41, 5.74) is 3.90. The van der Waals surface area contributed by atoms with Gasteiger partial charge in [-0.2, -0.15) is 0 Å². The number of ether oxygens (including phenoxy) is 1. The van der Waals surface area contributed by atoms with Crippen LogP contribution in [0.15, 0.2) is 59.8 Å². The van der Waals surface area contributed by atoms with Crippen LogP contribution >= 0.6 is 11.8 Å². The summed E-state index contributed by atoms with van der Waals surface area (Å²) in [6, 6.07) is 19.3. The van der Waals surface area contributed by atoms with E-state index >= 15 is 0 Å². The second-order valence-electron chi connectivity index (χ2n) is 8.15. The molecule has 0 bridgehead atoms. The van der Waals surface area contributed by atoms with Crippen LogP contribution in [0.5, 0.6) is 0 Å². The van der Waals surface area contributed by atoms with Crippen molar-refractivity contribution in [2.45, 2.75) is 37.7 Å². The molecule has 1 aliphatic heterocycles. The van der Waals surface area contributed by atoms with Crippen LogP contribution in [0.3, 0.4) is 0 Å². The fourth-order valence-electron chi connectivity index (χ4n) is 3.82. The van der Waals surface area contributed by atoms with Crippen molar-refractivity contribution < 1.29 is 4.74 Å². The topological polar surface area (TPSA) is 43.2 Å². The highest BCUT2D eigenvalue weighted by atomic mass is 32.2. The van der Waals surface area contributed by atoms with Crippen molar-refractivity contribution in [1.82, 2.24) is 14.8 Å². The van der Waals surface area contributed by atoms with Gasteiger partial charge in [-0.1, -0.05) is 80.2 Å². The molecule has 0 saturated carbocycles. The standard InChI is InChI=1S/C24H30N4OS/c1-18(2)17-28-23(27-13-15-29-16-14-27)25-26-24(28)30-22(20-10-5-4-6-11-20)21-12-8-7-9-19(21)3/h4-12,18,22H,13-17H2,1-3H3. The Balaban J connectivity index is 1.72. The third kappa shape index (κ3) is 4.71. The highest BCUT2D eigenvalue weighted by Crippen LogP contribution is 2.41. The molecule has 4 rings (SSSR count). The monoisotopic (exact) mass is 422 g/mol. The maximum atomic E-state index is 5.54. The zero-order valence-corrected chi connectivity index (χ0v) is 18.8. The van der Waals surface area contributed by atoms with Crippen molar-refractivity contribution >= 4 is 17.7 Å². The quantitative estimate of drug-likeness (QED) is 0.504. The van der Waals surface area contributed by atoms with Crippen LogP contribution < -0.4 is 4.90 Å². The summed E-state index contributed by atoms with van der Waals surface area (Å²) >= 11 is 1.79. The van der Waals surface area contributed by atoms with Crippen LogP contribution in [-0.2, 0) is 11.3 Å². The number of nitrogens with zero attached hydrogens (tertiary/aromatic N) is 4. The molecule has 0 spiro atoms. The minimum absolute atomic E-state index is 0.167. The maximum absolute atomic E-state index is 5.54. The zero-order valence-electron chi connectivity index (χ0n) is 18.0. The summed E-state index contributed by atoms with van der Waals surface area (Å²) < 4.78 is 7.84. The van der Waals surface area contributed by atoms with Crippen LogP contribution in [0, 0.1) is 12.8 Å². The summed E-state index contributed by atoms with van der Waals surface area (Å²) in [4.78, 5) is 2.30. The Labute approximate surface area is 183 Å². The molecule has 0 radical (unpaired) electrons. The van der Waals surface area contributed by atoms with Gasteiger partial charge in [0.25, 0.3) is 0 Å². The molecule has 0 N–H and O–H groups in total. The van der Waals surface area contributed by atoms with Crippen LogP contribution in [0.25, 0.3) is 0 Å². The molecule has 1 aliphatic rings. The van der Waals surface area contributed by atoms with Crippen molar-refractivity contribution in [3.8, 4) is 0 Å². The Hall–Kier alpha value is -2.31. The number of thioether (sulfide) groups is 1. The van der Waals surface area contributed by atoms with E-state index in [2.05, 4.69) is 95.0 Å². The van der Waals surface area contributed by atoms with Crippen LogP contribution in [0.4, 0.5) is 5.95 Å². The molecule has 1 aromatic heterocycles. The molecular formula is C24H30N4OS. The molecule has 6 heteroatoms. The van der Waals surface area contributed by atoms with Gasteiger partial charge in [-0.3, -0.25) is 4.57 Å². The molecule has 3 aromatic rings. The SMILES string of the molecule is Cc1ccccc1C(Sc1nnc(N2CCOCC2)n1CC(C)C)c1ccccc1. The molecule has 1 fully saturated rings. The highest BCUT2D eigenvalue weighted by molar-refractivity contribution is 7.99. The number of aromatic nitrogens is 3. The summed E-state index contributed by atoms with van der Waals surface area (Å²) in [6.45, 7) is 10.8. The number of benzene rings is 2. The van der Waals surface area contributed by atoms with Gasteiger partial charge >= 0.3 is 0 Å². The molecule has 1 unspecified atom stereocenters. The number of aryl methyl sites for hydroxylation is 1. The highest BCUT2D eigenvalue weighted by Gasteiger charge is 2.25. The minimum Gasteiger partial charge on any atom is -0.378 e. The lowest BCUT2D eigenvalue weighted by Crippen LogP contribution is -2.38. The van der Waals surface area contributed by atoms with Gasteiger partial charge in [-0.25, -0.2) is 0 Å². The molecule has 2 aromatic carbocycles. The van der Waals surface area contributed by atoms with E-state index in [4.69, 9.17) is 4.74 Å². The first-order chi connectivity index (χ1) is 14.6. The summed E-state index contributed by atoms with van der Waals surface area (Å²) in [7, 11) is 0. The molecule has 2 heterocycles. The van der Waals surface area contributed by atoms with Crippen molar-refractivity contribution in [2.75, 3.05) is 31.2 Å². The van der Waals surface area contributed by atoms with E-state index in [1.165, 1.54) is 16.7 Å². The lowest BCUT2D eigenvalue weighted by Gasteiger charge is -2.28. The van der Waals surface area contributed by atoms with E-state index in [1.54, 1.807) is 11.8 Å². The van der Waals surface area contributed by atoms with Crippen LogP contribution in [-0.4, -0.2) is 41.1 Å². The third-order valence-electron chi connectivity index (χ3n) is 5.34. The predicted octanol–water partition coefficient (Wildman–Crippen LogP) is 4.96. The zero-order chi connectivity index (χ0) is 20.9. The van der Waals surface area contributed by atoms with E-state index < -0.39 is 0 Å². The van der Waals surface area contributed by atoms with E-state index in [1.807, 2.05) is 0 Å². The Bertz CT molecular complexity index is 951. The van der Waals surface area contributed by atoms with Crippen molar-refractivity contribution in [1.29, 1.82) is 0 Å². The molecule has 30 heavy (non-hydrogen) atoms. The second kappa shape index (κ2) is 9.67. The molecule has 0 aliphatic carbocycles. The Kier molecular flexibility index (Phi) is 6.75. The molecule has 1 saturated heterocycles. The Morgan fingerprint density at radius 3 is 2.37 bits per heavy atom. The van der Waals surface area contributed by atoms with Crippen molar-refractivity contribution in [2.24, 2.45) is 5.92 Å². The smallest absolute Gasteiger partial charge is 0.228 e. The van der Waals surface area contributed by atoms with Gasteiger partial charge in [-0.15, -0.1) is 10.2 Å². The average molecular weight is 423 g/mol. The first kappa shape index (κ1) is 20.9. The fraction of sp³-hybridized carbons (Fsp3) is 0.417. The van der Waals surface area contributed by atoms with E-state index in [-0.39, 0.29) is 5.25 Å². The van der Waals surface area contributed by atoms with Gasteiger partial charge in [0.1, 0.15) is 0 Å². The Morgan fingerprint density at radius 2 is 1.67 bits per heavy atom. The van der Waals surface area contributed by atoms with Gasteiger partial charge in [0, 0.05) is 19.6 Å². The molecule has 5 nitrogen and oxygen atoms in total. The maximum Gasteiger partial charge on any atom is 0.228 e. The van der Waals surface area contributed by atoms with Crippen molar-refractivity contribution in [3.63, 3.8) is 0 Å². The van der Waals surface area contributed by atoms with Crippen LogP contribution in [0.1, 0.15) is 35.8 Å².